The van der Waals surface area contributed by atoms with E-state index in [9.17, 15) is 13.6 Å². The van der Waals surface area contributed by atoms with Gasteiger partial charge in [0.25, 0.3) is 5.76 Å². The second-order valence-electron chi connectivity index (χ2n) is 5.72. The van der Waals surface area contributed by atoms with Crippen LogP contribution in [0.4, 0.5) is 14.5 Å². The molecule has 0 saturated carbocycles. The van der Waals surface area contributed by atoms with E-state index in [1.807, 2.05) is 6.07 Å². The molecule has 128 valence electrons. The number of rotatable bonds is 5. The molecule has 1 N–H and O–H groups in total. The number of amides is 1. The molecule has 3 rings (SSSR count). The van der Waals surface area contributed by atoms with Gasteiger partial charge in [0.1, 0.15) is 0 Å². The maximum absolute atomic E-state index is 12.3. The SMILES string of the molecule is CC1c2cccn2CCN1CC(=O)Nc1ccc(SC(F)F)cc1. The van der Waals surface area contributed by atoms with E-state index in [2.05, 4.69) is 34.0 Å². The number of anilines is 1. The van der Waals surface area contributed by atoms with Gasteiger partial charge in [0.2, 0.25) is 5.91 Å². The number of hydrogen-bond donors (Lipinski definition) is 1. The molecule has 4 nitrogen and oxygen atoms in total. The fourth-order valence-electron chi connectivity index (χ4n) is 2.95. The molecule has 1 amide bonds. The molecule has 1 aliphatic rings. The maximum atomic E-state index is 12.3. The van der Waals surface area contributed by atoms with E-state index in [4.69, 9.17) is 0 Å². The largest absolute Gasteiger partial charge is 0.349 e. The predicted molar refractivity (Wildman–Crippen MR) is 91.4 cm³/mol. The minimum atomic E-state index is -2.44. The van der Waals surface area contributed by atoms with Gasteiger partial charge in [-0.05, 0) is 43.3 Å². The van der Waals surface area contributed by atoms with Gasteiger partial charge in [-0.15, -0.1) is 0 Å². The van der Waals surface area contributed by atoms with Crippen LogP contribution >= 0.6 is 11.8 Å². The summed E-state index contributed by atoms with van der Waals surface area (Å²) < 4.78 is 26.8. The number of carbonyl (C=O) groups excluding carboxylic acids is 1. The topological polar surface area (TPSA) is 37.3 Å². The molecule has 0 spiro atoms. The third-order valence-corrected chi connectivity index (χ3v) is 4.90. The van der Waals surface area contributed by atoms with Crippen molar-refractivity contribution in [2.75, 3.05) is 18.4 Å². The van der Waals surface area contributed by atoms with Gasteiger partial charge < -0.3 is 9.88 Å². The molecule has 1 atom stereocenters. The predicted octanol–water partition coefficient (Wildman–Crippen LogP) is 3.82. The Morgan fingerprint density at radius 2 is 2.04 bits per heavy atom. The lowest BCUT2D eigenvalue weighted by Crippen LogP contribution is -2.41. The average molecular weight is 351 g/mol. The van der Waals surface area contributed by atoms with Gasteiger partial charge in [0, 0.05) is 41.6 Å². The Hall–Kier alpha value is -1.86. The molecule has 7 heteroatoms. The number of carbonyl (C=O) groups is 1. The minimum Gasteiger partial charge on any atom is -0.349 e. The van der Waals surface area contributed by atoms with Crippen molar-refractivity contribution in [2.45, 2.75) is 30.2 Å². The Bertz CT molecular complexity index is 702. The summed E-state index contributed by atoms with van der Waals surface area (Å²) in [5.41, 5.74) is 1.83. The van der Waals surface area contributed by atoms with Crippen molar-refractivity contribution in [1.29, 1.82) is 0 Å². The van der Waals surface area contributed by atoms with E-state index >= 15 is 0 Å². The highest BCUT2D eigenvalue weighted by Crippen LogP contribution is 2.27. The number of nitrogens with zero attached hydrogens (tertiary/aromatic N) is 2. The smallest absolute Gasteiger partial charge is 0.288 e. The second kappa shape index (κ2) is 7.36. The molecule has 1 aliphatic heterocycles. The first kappa shape index (κ1) is 17.0. The molecule has 0 fully saturated rings. The van der Waals surface area contributed by atoms with E-state index in [1.54, 1.807) is 24.3 Å². The Morgan fingerprint density at radius 3 is 2.75 bits per heavy atom. The molecule has 0 aliphatic carbocycles. The Labute approximate surface area is 143 Å². The summed E-state index contributed by atoms with van der Waals surface area (Å²) in [4.78, 5) is 14.9. The van der Waals surface area contributed by atoms with Gasteiger partial charge in [-0.3, -0.25) is 9.69 Å². The number of thioether (sulfide) groups is 1. The van der Waals surface area contributed by atoms with Gasteiger partial charge in [0.05, 0.1) is 6.54 Å². The summed E-state index contributed by atoms with van der Waals surface area (Å²) in [6, 6.07) is 10.7. The summed E-state index contributed by atoms with van der Waals surface area (Å²) in [6.45, 7) is 4.09. The quantitative estimate of drug-likeness (QED) is 0.832. The van der Waals surface area contributed by atoms with Crippen molar-refractivity contribution in [2.24, 2.45) is 0 Å². The van der Waals surface area contributed by atoms with E-state index in [0.29, 0.717) is 28.9 Å². The van der Waals surface area contributed by atoms with Crippen molar-refractivity contribution < 1.29 is 13.6 Å². The molecule has 0 radical (unpaired) electrons. The number of alkyl halides is 2. The normalized spacial score (nSPS) is 17.8. The molecule has 1 unspecified atom stereocenters. The third kappa shape index (κ3) is 3.96. The van der Waals surface area contributed by atoms with Crippen molar-refractivity contribution in [1.82, 2.24) is 9.47 Å². The van der Waals surface area contributed by atoms with Crippen LogP contribution in [0.3, 0.4) is 0 Å². The van der Waals surface area contributed by atoms with E-state index in [0.717, 1.165) is 13.1 Å². The molecular weight excluding hydrogens is 332 g/mol. The Balaban J connectivity index is 1.56. The molecule has 2 heterocycles. The fraction of sp³-hybridized carbons (Fsp3) is 0.353. The average Bonchev–Trinajstić information content (AvgIpc) is 3.01. The molecular formula is C17H19F2N3OS. The van der Waals surface area contributed by atoms with Gasteiger partial charge in [-0.1, -0.05) is 11.8 Å². The lowest BCUT2D eigenvalue weighted by atomic mass is 10.1. The van der Waals surface area contributed by atoms with Crippen molar-refractivity contribution in [3.05, 3.63) is 48.3 Å². The van der Waals surface area contributed by atoms with Crippen LogP contribution in [-0.4, -0.2) is 34.2 Å². The maximum Gasteiger partial charge on any atom is 0.288 e. The number of benzene rings is 1. The highest BCUT2D eigenvalue weighted by atomic mass is 32.2. The van der Waals surface area contributed by atoms with E-state index in [1.165, 1.54) is 5.69 Å². The van der Waals surface area contributed by atoms with Gasteiger partial charge in [-0.2, -0.15) is 8.78 Å². The van der Waals surface area contributed by atoms with Crippen molar-refractivity contribution in [3.8, 4) is 0 Å². The number of fused-ring (bicyclic) bond motifs is 1. The number of halogens is 2. The first-order valence-corrected chi connectivity index (χ1v) is 8.65. The summed E-state index contributed by atoms with van der Waals surface area (Å²) in [5.74, 6) is -2.54. The Morgan fingerprint density at radius 1 is 1.29 bits per heavy atom. The fourth-order valence-corrected chi connectivity index (χ4v) is 3.45. The van der Waals surface area contributed by atoms with Gasteiger partial charge >= 0.3 is 0 Å². The monoisotopic (exact) mass is 351 g/mol. The van der Waals surface area contributed by atoms with Gasteiger partial charge in [0.15, 0.2) is 0 Å². The summed E-state index contributed by atoms with van der Waals surface area (Å²) in [5, 5.41) is 2.82. The number of hydrogen-bond acceptors (Lipinski definition) is 3. The first-order valence-electron chi connectivity index (χ1n) is 7.77. The summed E-state index contributed by atoms with van der Waals surface area (Å²) in [7, 11) is 0. The van der Waals surface area contributed by atoms with Crippen LogP contribution in [0.1, 0.15) is 18.7 Å². The molecule has 1 aromatic heterocycles. The van der Waals surface area contributed by atoms with E-state index < -0.39 is 5.76 Å². The highest BCUT2D eigenvalue weighted by Gasteiger charge is 2.24. The third-order valence-electron chi connectivity index (χ3n) is 4.18. The standard InChI is InChI=1S/C17H19F2N3OS/c1-12-15-3-2-8-21(15)9-10-22(12)11-16(23)20-13-4-6-14(7-5-13)24-17(18)19/h2-8,12,17H,9-11H2,1H3,(H,20,23). The minimum absolute atomic E-state index is 0.101. The van der Waals surface area contributed by atoms with Crippen LogP contribution in [0.25, 0.3) is 0 Å². The molecule has 0 saturated heterocycles. The number of nitrogens with one attached hydrogen (secondary N) is 1. The van der Waals surface area contributed by atoms with Crippen LogP contribution in [-0.2, 0) is 11.3 Å². The number of aromatic nitrogens is 1. The first-order chi connectivity index (χ1) is 11.5. The van der Waals surface area contributed by atoms with Crippen LogP contribution < -0.4 is 5.32 Å². The molecule has 0 bridgehead atoms. The lowest BCUT2D eigenvalue weighted by molar-refractivity contribution is -0.118. The van der Waals surface area contributed by atoms with Crippen LogP contribution in [0.2, 0.25) is 0 Å². The summed E-state index contributed by atoms with van der Waals surface area (Å²) in [6.07, 6.45) is 2.06. The van der Waals surface area contributed by atoms with Gasteiger partial charge in [-0.25, -0.2) is 0 Å². The van der Waals surface area contributed by atoms with Crippen LogP contribution in [0.15, 0.2) is 47.5 Å². The lowest BCUT2D eigenvalue weighted by Gasteiger charge is -2.34. The zero-order valence-electron chi connectivity index (χ0n) is 13.3. The van der Waals surface area contributed by atoms with Crippen LogP contribution in [0.5, 0.6) is 0 Å². The molecule has 24 heavy (non-hydrogen) atoms. The summed E-state index contributed by atoms with van der Waals surface area (Å²) >= 11 is 0.493. The molecule has 2 aromatic rings. The molecule has 1 aromatic carbocycles. The van der Waals surface area contributed by atoms with Crippen molar-refractivity contribution >= 4 is 23.4 Å². The second-order valence-corrected chi connectivity index (χ2v) is 6.79. The van der Waals surface area contributed by atoms with Crippen LogP contribution in [0, 0.1) is 0 Å². The van der Waals surface area contributed by atoms with E-state index in [-0.39, 0.29) is 11.9 Å². The highest BCUT2D eigenvalue weighted by molar-refractivity contribution is 7.99. The zero-order chi connectivity index (χ0) is 17.1. The Kier molecular flexibility index (Phi) is 5.20. The zero-order valence-corrected chi connectivity index (χ0v) is 14.1. The van der Waals surface area contributed by atoms with Crippen molar-refractivity contribution in [3.63, 3.8) is 0 Å².